The minimum Gasteiger partial charge on any atom is -0.370 e. The highest BCUT2D eigenvalue weighted by Gasteiger charge is 2.23. The lowest BCUT2D eigenvalue weighted by molar-refractivity contribution is 0.544. The largest absolute Gasteiger partial charge is 0.370 e. The monoisotopic (exact) mass is 301 g/mol. The van der Waals surface area contributed by atoms with Crippen LogP contribution in [-0.2, 0) is 0 Å². The summed E-state index contributed by atoms with van der Waals surface area (Å²) in [6.07, 6.45) is 0. The van der Waals surface area contributed by atoms with E-state index in [0.717, 1.165) is 11.1 Å². The first kappa shape index (κ1) is 14.9. The lowest BCUT2D eigenvalue weighted by Gasteiger charge is -2.26. The highest BCUT2D eigenvalue weighted by atomic mass is 35.5. The Kier molecular flexibility index (Phi) is 4.79. The van der Waals surface area contributed by atoms with Crippen molar-refractivity contribution in [3.8, 4) is 0 Å². The summed E-state index contributed by atoms with van der Waals surface area (Å²) in [6.45, 7) is 0. The fourth-order valence-electron chi connectivity index (χ4n) is 2.02. The van der Waals surface area contributed by atoms with Crippen molar-refractivity contribution in [3.05, 3.63) is 71.8 Å². The standard InChI is InChI=1S/C15H16ClN5/c16-21(15(19)20-14(17)18)13(11-7-3-1-4-8-11)12-9-5-2-6-10-12/h1-10,13H,(H5,17,18,19,20). The second-order valence-electron chi connectivity index (χ2n) is 4.40. The van der Waals surface area contributed by atoms with Gasteiger partial charge in [0.15, 0.2) is 5.96 Å². The molecule has 2 aromatic carbocycles. The summed E-state index contributed by atoms with van der Waals surface area (Å²) in [4.78, 5) is 3.70. The molecule has 0 spiro atoms. The van der Waals surface area contributed by atoms with Crippen LogP contribution in [0.2, 0.25) is 0 Å². The Morgan fingerprint density at radius 2 is 1.38 bits per heavy atom. The second kappa shape index (κ2) is 6.76. The van der Waals surface area contributed by atoms with Crippen LogP contribution in [0.25, 0.3) is 0 Å². The predicted molar refractivity (Wildman–Crippen MR) is 86.0 cm³/mol. The number of nitrogens with two attached hydrogens (primary N) is 2. The van der Waals surface area contributed by atoms with Gasteiger partial charge in [-0.25, -0.2) is 4.42 Å². The Morgan fingerprint density at radius 3 is 1.76 bits per heavy atom. The van der Waals surface area contributed by atoms with Gasteiger partial charge in [0.1, 0.15) is 0 Å². The zero-order valence-corrected chi connectivity index (χ0v) is 12.0. The van der Waals surface area contributed by atoms with E-state index in [4.69, 9.17) is 28.7 Å². The molecular formula is C15H16ClN5. The van der Waals surface area contributed by atoms with Crippen molar-refractivity contribution in [2.45, 2.75) is 6.04 Å². The van der Waals surface area contributed by atoms with Crippen molar-refractivity contribution in [3.63, 3.8) is 0 Å². The molecule has 0 amide bonds. The molecule has 21 heavy (non-hydrogen) atoms. The molecule has 2 aromatic rings. The average molecular weight is 302 g/mol. The van der Waals surface area contributed by atoms with Crippen LogP contribution in [-0.4, -0.2) is 16.3 Å². The van der Waals surface area contributed by atoms with Crippen molar-refractivity contribution in [2.24, 2.45) is 16.5 Å². The Bertz CT molecular complexity index is 584. The van der Waals surface area contributed by atoms with Gasteiger partial charge in [0, 0.05) is 11.8 Å². The summed E-state index contributed by atoms with van der Waals surface area (Å²) in [7, 11) is 0. The lowest BCUT2D eigenvalue weighted by atomic mass is 9.99. The number of rotatable bonds is 3. The number of nitrogens with one attached hydrogen (secondary N) is 1. The summed E-state index contributed by atoms with van der Waals surface area (Å²) < 4.78 is 1.21. The Labute approximate surface area is 128 Å². The van der Waals surface area contributed by atoms with Gasteiger partial charge in [0.2, 0.25) is 5.96 Å². The first-order valence-electron chi connectivity index (χ1n) is 6.32. The molecule has 0 heterocycles. The maximum Gasteiger partial charge on any atom is 0.236 e. The maximum atomic E-state index is 7.90. The van der Waals surface area contributed by atoms with E-state index < -0.39 is 0 Å². The molecule has 5 N–H and O–H groups in total. The molecule has 108 valence electrons. The van der Waals surface area contributed by atoms with Gasteiger partial charge in [0.05, 0.1) is 6.04 Å². The third kappa shape index (κ3) is 3.73. The number of benzene rings is 2. The molecule has 0 saturated heterocycles. The molecule has 0 aliphatic rings. The minimum absolute atomic E-state index is 0.203. The smallest absolute Gasteiger partial charge is 0.236 e. The molecule has 0 radical (unpaired) electrons. The van der Waals surface area contributed by atoms with Gasteiger partial charge in [-0.1, -0.05) is 60.7 Å². The van der Waals surface area contributed by atoms with Crippen LogP contribution in [0, 0.1) is 5.41 Å². The van der Waals surface area contributed by atoms with Crippen molar-refractivity contribution in [2.75, 3.05) is 0 Å². The van der Waals surface area contributed by atoms with E-state index in [1.165, 1.54) is 4.42 Å². The molecule has 5 nitrogen and oxygen atoms in total. The fraction of sp³-hybridized carbons (Fsp3) is 0.0667. The van der Waals surface area contributed by atoms with E-state index >= 15 is 0 Å². The first-order valence-corrected chi connectivity index (χ1v) is 6.66. The number of hydrogen-bond donors (Lipinski definition) is 3. The van der Waals surface area contributed by atoms with Crippen LogP contribution in [0.3, 0.4) is 0 Å². The molecule has 0 aliphatic carbocycles. The summed E-state index contributed by atoms with van der Waals surface area (Å²) in [5.74, 6) is -0.417. The van der Waals surface area contributed by atoms with E-state index in [-0.39, 0.29) is 18.0 Å². The molecule has 0 aliphatic heterocycles. The topological polar surface area (TPSA) is 91.5 Å². The van der Waals surface area contributed by atoms with E-state index in [1.807, 2.05) is 60.7 Å². The van der Waals surface area contributed by atoms with Crippen LogP contribution in [0.1, 0.15) is 17.2 Å². The molecule has 0 bridgehead atoms. The summed E-state index contributed by atoms with van der Waals surface area (Å²) in [6, 6.07) is 18.9. The third-order valence-corrected chi connectivity index (χ3v) is 3.25. The Balaban J connectivity index is 2.42. The molecule has 0 fully saturated rings. The molecule has 0 atom stereocenters. The number of nitrogens with zero attached hydrogens (tertiary/aromatic N) is 2. The summed E-state index contributed by atoms with van der Waals surface area (Å²) >= 11 is 6.30. The Morgan fingerprint density at radius 1 is 0.952 bits per heavy atom. The predicted octanol–water partition coefficient (Wildman–Crippen LogP) is 2.44. The van der Waals surface area contributed by atoms with E-state index in [0.29, 0.717) is 0 Å². The van der Waals surface area contributed by atoms with Crippen LogP contribution in [0.5, 0.6) is 0 Å². The molecule has 0 saturated carbocycles. The molecule has 2 rings (SSSR count). The average Bonchev–Trinajstić information content (AvgIpc) is 2.49. The van der Waals surface area contributed by atoms with Crippen molar-refractivity contribution in [1.82, 2.24) is 4.42 Å². The molecule has 6 heteroatoms. The number of guanidine groups is 2. The highest BCUT2D eigenvalue weighted by Crippen LogP contribution is 2.30. The van der Waals surface area contributed by atoms with E-state index in [2.05, 4.69) is 4.99 Å². The quantitative estimate of drug-likeness (QED) is 0.462. The van der Waals surface area contributed by atoms with Gasteiger partial charge in [-0.3, -0.25) is 5.41 Å². The van der Waals surface area contributed by atoms with Crippen molar-refractivity contribution in [1.29, 1.82) is 5.41 Å². The summed E-state index contributed by atoms with van der Waals surface area (Å²) in [5, 5.41) is 7.90. The van der Waals surface area contributed by atoms with Gasteiger partial charge in [-0.15, -0.1) is 0 Å². The fourth-order valence-corrected chi connectivity index (χ4v) is 2.28. The van der Waals surface area contributed by atoms with E-state index in [1.54, 1.807) is 0 Å². The minimum atomic E-state index is -0.357. The normalized spacial score (nSPS) is 10.2. The molecular weight excluding hydrogens is 286 g/mol. The second-order valence-corrected chi connectivity index (χ2v) is 4.76. The third-order valence-electron chi connectivity index (χ3n) is 2.89. The zero-order valence-electron chi connectivity index (χ0n) is 11.3. The van der Waals surface area contributed by atoms with Crippen LogP contribution in [0.15, 0.2) is 65.7 Å². The zero-order chi connectivity index (χ0) is 15.2. The number of aliphatic imine (C=N–C) groups is 1. The Hall–Kier alpha value is -2.53. The van der Waals surface area contributed by atoms with Crippen LogP contribution < -0.4 is 11.5 Å². The van der Waals surface area contributed by atoms with Gasteiger partial charge < -0.3 is 11.5 Å². The number of hydrogen-bond acceptors (Lipinski definition) is 1. The first-order chi connectivity index (χ1) is 10.1. The van der Waals surface area contributed by atoms with Gasteiger partial charge >= 0.3 is 0 Å². The highest BCUT2D eigenvalue weighted by molar-refractivity contribution is 6.22. The van der Waals surface area contributed by atoms with Crippen LogP contribution in [0.4, 0.5) is 0 Å². The molecule has 0 unspecified atom stereocenters. The van der Waals surface area contributed by atoms with E-state index in [9.17, 15) is 0 Å². The number of halogens is 1. The van der Waals surface area contributed by atoms with Gasteiger partial charge in [-0.2, -0.15) is 4.99 Å². The van der Waals surface area contributed by atoms with Crippen molar-refractivity contribution < 1.29 is 0 Å². The SMILES string of the molecule is N=C(N=C(N)N)N(Cl)C(c1ccccc1)c1ccccc1. The van der Waals surface area contributed by atoms with Gasteiger partial charge in [0.25, 0.3) is 0 Å². The molecule has 0 aromatic heterocycles. The van der Waals surface area contributed by atoms with Gasteiger partial charge in [-0.05, 0) is 11.1 Å². The lowest BCUT2D eigenvalue weighted by Crippen LogP contribution is -2.30. The summed E-state index contributed by atoms with van der Waals surface area (Å²) in [5.41, 5.74) is 12.5. The van der Waals surface area contributed by atoms with Crippen LogP contribution >= 0.6 is 11.8 Å². The maximum absolute atomic E-state index is 7.90. The van der Waals surface area contributed by atoms with Crippen molar-refractivity contribution >= 4 is 23.7 Å².